The molecule has 1 aromatic rings. The first-order valence-corrected chi connectivity index (χ1v) is 9.34. The second kappa shape index (κ2) is 6.88. The summed E-state index contributed by atoms with van der Waals surface area (Å²) in [6.07, 6.45) is 3.03. The van der Waals surface area contributed by atoms with E-state index >= 15 is 0 Å². The van der Waals surface area contributed by atoms with Gasteiger partial charge >= 0.3 is 127 Å². The van der Waals surface area contributed by atoms with Crippen LogP contribution in [-0.4, -0.2) is 63.6 Å². The molecule has 2 rings (SSSR count). The summed E-state index contributed by atoms with van der Waals surface area (Å²) in [5.41, 5.74) is -0.0236. The molecule has 0 saturated carbocycles. The Morgan fingerprint density at radius 3 is 3.00 bits per heavy atom. The third-order valence-corrected chi connectivity index (χ3v) is 6.80. The fourth-order valence-electron chi connectivity index (χ4n) is 2.13. The first-order valence-electron chi connectivity index (χ1n) is 7.08. The van der Waals surface area contributed by atoms with E-state index in [0.717, 1.165) is 28.7 Å². The van der Waals surface area contributed by atoms with Crippen LogP contribution in [-0.2, 0) is 0 Å². The van der Waals surface area contributed by atoms with Crippen molar-refractivity contribution in [3.05, 3.63) is 12.3 Å². The standard InChI is InChI=1S/C14H24AsN4O/c1-14(2,10-20)9-15-13-17-6-4-12(18-13)19-7-5-11(8-19)16-3/h4,6,11,16,20H,5,7-10H2,1-3H3/t11-/m0/s1. The fraction of sp³-hybridized carbons (Fsp3) is 0.714. The summed E-state index contributed by atoms with van der Waals surface area (Å²) in [6, 6.07) is 2.56. The van der Waals surface area contributed by atoms with Crippen LogP contribution >= 0.6 is 0 Å². The van der Waals surface area contributed by atoms with E-state index in [0.29, 0.717) is 6.04 Å². The van der Waals surface area contributed by atoms with Crippen molar-refractivity contribution >= 4 is 26.2 Å². The van der Waals surface area contributed by atoms with Gasteiger partial charge in [0.25, 0.3) is 0 Å². The van der Waals surface area contributed by atoms with Crippen molar-refractivity contribution < 1.29 is 5.11 Å². The Morgan fingerprint density at radius 1 is 1.55 bits per heavy atom. The van der Waals surface area contributed by atoms with Gasteiger partial charge in [0.1, 0.15) is 0 Å². The number of nitrogens with one attached hydrogen (secondary N) is 1. The van der Waals surface area contributed by atoms with Crippen molar-refractivity contribution in [2.75, 3.05) is 31.6 Å². The second-order valence-corrected chi connectivity index (χ2v) is 8.24. The van der Waals surface area contributed by atoms with Gasteiger partial charge in [0, 0.05) is 0 Å². The number of likely N-dealkylation sites (N-methyl/N-ethyl adjacent to an activating group) is 1. The molecular formula is C14H24AsN4O. The average molecular weight is 339 g/mol. The normalized spacial score (nSPS) is 20.2. The summed E-state index contributed by atoms with van der Waals surface area (Å²) < 4.78 is 0.966. The fourth-order valence-corrected chi connectivity index (χ4v) is 4.21. The average Bonchev–Trinajstić information content (AvgIpc) is 2.95. The molecule has 0 aromatic carbocycles. The van der Waals surface area contributed by atoms with Crippen LogP contribution in [0.2, 0.25) is 5.21 Å². The van der Waals surface area contributed by atoms with E-state index in [9.17, 15) is 5.11 Å². The number of aliphatic hydroxyl groups excluding tert-OH is 1. The minimum atomic E-state index is -0.0861. The predicted octanol–water partition coefficient (Wildman–Crippen LogP) is 0.0410. The van der Waals surface area contributed by atoms with Crippen molar-refractivity contribution in [1.82, 2.24) is 15.3 Å². The van der Waals surface area contributed by atoms with Gasteiger partial charge in [-0.3, -0.25) is 0 Å². The second-order valence-electron chi connectivity index (χ2n) is 6.07. The SMILES string of the molecule is CN[C@H]1CCN(c2ccnc([As]CC(C)(C)CO)n2)C1. The van der Waals surface area contributed by atoms with Crippen molar-refractivity contribution in [3.63, 3.8) is 0 Å². The van der Waals surface area contributed by atoms with Crippen LogP contribution in [0.15, 0.2) is 12.3 Å². The quantitative estimate of drug-likeness (QED) is 0.717. The zero-order valence-electron chi connectivity index (χ0n) is 12.5. The topological polar surface area (TPSA) is 61.3 Å². The molecule has 1 radical (unpaired) electrons. The molecular weight excluding hydrogens is 315 g/mol. The number of rotatable bonds is 6. The van der Waals surface area contributed by atoms with E-state index in [2.05, 4.69) is 29.0 Å². The summed E-state index contributed by atoms with van der Waals surface area (Å²) >= 11 is -0.0861. The first kappa shape index (κ1) is 15.7. The molecule has 1 saturated heterocycles. The number of aromatic nitrogens is 2. The molecule has 0 spiro atoms. The van der Waals surface area contributed by atoms with Gasteiger partial charge in [0.05, 0.1) is 0 Å². The van der Waals surface area contributed by atoms with Gasteiger partial charge in [0.15, 0.2) is 0 Å². The molecule has 0 aliphatic carbocycles. The Kier molecular flexibility index (Phi) is 5.41. The predicted molar refractivity (Wildman–Crippen MR) is 82.8 cm³/mol. The van der Waals surface area contributed by atoms with E-state index < -0.39 is 0 Å². The summed E-state index contributed by atoms with van der Waals surface area (Å²) in [4.78, 5) is 11.4. The van der Waals surface area contributed by atoms with Gasteiger partial charge in [-0.1, -0.05) is 0 Å². The van der Waals surface area contributed by atoms with Crippen molar-refractivity contribution in [2.45, 2.75) is 31.5 Å². The number of anilines is 1. The third kappa shape index (κ3) is 4.17. The minimum absolute atomic E-state index is 0.0236. The molecule has 1 aliphatic rings. The van der Waals surface area contributed by atoms with Gasteiger partial charge in [-0.25, -0.2) is 0 Å². The third-order valence-electron chi connectivity index (χ3n) is 3.63. The van der Waals surface area contributed by atoms with Crippen LogP contribution in [0, 0.1) is 5.41 Å². The molecule has 2 N–H and O–H groups in total. The van der Waals surface area contributed by atoms with Gasteiger partial charge in [-0.15, -0.1) is 0 Å². The zero-order chi connectivity index (χ0) is 14.6. The van der Waals surface area contributed by atoms with Crippen molar-refractivity contribution in [2.24, 2.45) is 5.41 Å². The molecule has 0 unspecified atom stereocenters. The van der Waals surface area contributed by atoms with Crippen LogP contribution in [0.25, 0.3) is 0 Å². The van der Waals surface area contributed by atoms with Crippen molar-refractivity contribution in [3.8, 4) is 0 Å². The van der Waals surface area contributed by atoms with Crippen molar-refractivity contribution in [1.29, 1.82) is 0 Å². The summed E-state index contributed by atoms with van der Waals surface area (Å²) in [7, 11) is 2.02. The molecule has 20 heavy (non-hydrogen) atoms. The molecule has 6 heteroatoms. The molecule has 1 fully saturated rings. The molecule has 111 valence electrons. The molecule has 1 aliphatic heterocycles. The van der Waals surface area contributed by atoms with Gasteiger partial charge in [0.2, 0.25) is 0 Å². The molecule has 0 bridgehead atoms. The van der Waals surface area contributed by atoms with Gasteiger partial charge in [-0.05, 0) is 0 Å². The Hall–Kier alpha value is -0.642. The molecule has 1 atom stereocenters. The Labute approximate surface area is 127 Å². The van der Waals surface area contributed by atoms with E-state index in [1.54, 1.807) is 0 Å². The summed E-state index contributed by atoms with van der Waals surface area (Å²) in [5, 5.41) is 13.6. The summed E-state index contributed by atoms with van der Waals surface area (Å²) in [6.45, 7) is 6.47. The molecule has 2 heterocycles. The van der Waals surface area contributed by atoms with Crippen LogP contribution in [0.5, 0.6) is 0 Å². The first-order chi connectivity index (χ1) is 9.54. The van der Waals surface area contributed by atoms with Gasteiger partial charge < -0.3 is 0 Å². The number of aliphatic hydroxyl groups is 1. The van der Waals surface area contributed by atoms with Crippen LogP contribution in [0.4, 0.5) is 5.82 Å². The van der Waals surface area contributed by atoms with Crippen LogP contribution in [0.1, 0.15) is 20.3 Å². The number of hydrogen-bond acceptors (Lipinski definition) is 5. The number of nitrogens with zero attached hydrogens (tertiary/aromatic N) is 3. The maximum absolute atomic E-state index is 9.31. The zero-order valence-corrected chi connectivity index (χ0v) is 14.4. The number of hydrogen-bond donors (Lipinski definition) is 2. The maximum atomic E-state index is 9.31. The Morgan fingerprint density at radius 2 is 2.35 bits per heavy atom. The Bertz CT molecular complexity index is 441. The molecule has 0 amide bonds. The van der Waals surface area contributed by atoms with E-state index in [1.165, 1.54) is 6.42 Å². The van der Waals surface area contributed by atoms with Crippen LogP contribution < -0.4 is 14.8 Å². The monoisotopic (exact) mass is 339 g/mol. The molecule has 1 aromatic heterocycles. The van der Waals surface area contributed by atoms with E-state index in [4.69, 9.17) is 4.98 Å². The summed E-state index contributed by atoms with van der Waals surface area (Å²) in [5.74, 6) is 1.05. The van der Waals surface area contributed by atoms with E-state index in [1.807, 2.05) is 19.3 Å². The molecule has 5 nitrogen and oxygen atoms in total. The van der Waals surface area contributed by atoms with Gasteiger partial charge in [-0.2, -0.15) is 0 Å². The van der Waals surface area contributed by atoms with E-state index in [-0.39, 0.29) is 27.8 Å². The Balaban J connectivity index is 1.98. The van der Waals surface area contributed by atoms with Crippen LogP contribution in [0.3, 0.4) is 0 Å².